The van der Waals surface area contributed by atoms with Crippen LogP contribution in [0.1, 0.15) is 62.2 Å². The highest BCUT2D eigenvalue weighted by atomic mass is 35.5. The summed E-state index contributed by atoms with van der Waals surface area (Å²) in [4.78, 5) is 20.6. The van der Waals surface area contributed by atoms with Crippen LogP contribution >= 0.6 is 23.2 Å². The minimum absolute atomic E-state index is 0.363. The Morgan fingerprint density at radius 2 is 1.38 bits per heavy atom. The van der Waals surface area contributed by atoms with Crippen molar-refractivity contribution in [3.05, 3.63) is 105 Å². The minimum Gasteiger partial charge on any atom is -0.545 e. The highest BCUT2D eigenvalue weighted by molar-refractivity contribution is 6.42. The molecule has 3 aromatic carbocycles. The molecular weight excluding hydrogens is 449 g/mol. The van der Waals surface area contributed by atoms with Gasteiger partial charge in [0.1, 0.15) is 0 Å². The van der Waals surface area contributed by atoms with Crippen LogP contribution in [0.15, 0.2) is 66.7 Å². The van der Waals surface area contributed by atoms with E-state index >= 15 is 0 Å². The highest BCUT2D eigenvalue weighted by Gasteiger charge is 2.27. The predicted molar refractivity (Wildman–Crippen MR) is 121 cm³/mol. The predicted octanol–water partition coefficient (Wildman–Crippen LogP) is 3.59. The van der Waals surface area contributed by atoms with Crippen molar-refractivity contribution < 1.29 is 19.8 Å². The molecule has 0 fully saturated rings. The second-order valence-corrected chi connectivity index (χ2v) is 8.21. The van der Waals surface area contributed by atoms with Crippen molar-refractivity contribution in [2.45, 2.75) is 24.8 Å². The molecule has 0 amide bonds. The molecule has 5 nitrogen and oxygen atoms in total. The summed E-state index contributed by atoms with van der Waals surface area (Å²) in [5.74, 6) is -2.63. The fourth-order valence-corrected chi connectivity index (χ4v) is 4.31. The Labute approximate surface area is 196 Å². The minimum atomic E-state index is -1.52. The molecule has 0 spiro atoms. The van der Waals surface area contributed by atoms with Gasteiger partial charge in [-0.15, -0.1) is 0 Å². The van der Waals surface area contributed by atoms with E-state index in [9.17, 15) is 19.8 Å². The number of carbonyl (C=O) groups excluding carboxylic acids is 2. The molecule has 3 aromatic rings. The van der Waals surface area contributed by atoms with Gasteiger partial charge in [0.15, 0.2) is 0 Å². The third-order valence-corrected chi connectivity index (χ3v) is 6.29. The van der Waals surface area contributed by atoms with Crippen LogP contribution in [0.4, 0.5) is 0 Å². The van der Waals surface area contributed by atoms with Crippen molar-refractivity contribution in [3.8, 4) is 0 Å². The molecular formula is C25H21Cl2NO4-2. The molecule has 0 bridgehead atoms. The largest absolute Gasteiger partial charge is 0.545 e. The fraction of sp³-hybridized carbons (Fsp3) is 0.200. The molecule has 1 N–H and O–H groups in total. The quantitative estimate of drug-likeness (QED) is 0.629. The number of carbonyl (C=O) groups is 2. The summed E-state index contributed by atoms with van der Waals surface area (Å²) in [6, 6.07) is 20.3. The topological polar surface area (TPSA) is 92.3 Å². The Hall–Kier alpha value is -2.86. The molecule has 0 saturated heterocycles. The first-order valence-electron chi connectivity index (χ1n) is 10.1. The van der Waals surface area contributed by atoms with Crippen LogP contribution in [0.5, 0.6) is 0 Å². The number of carboxylic acid groups (broad SMARTS) is 2. The van der Waals surface area contributed by atoms with Crippen LogP contribution in [-0.2, 0) is 0 Å². The van der Waals surface area contributed by atoms with Gasteiger partial charge in [0, 0.05) is 23.1 Å². The van der Waals surface area contributed by atoms with Gasteiger partial charge in [0.05, 0.1) is 22.0 Å². The summed E-state index contributed by atoms with van der Waals surface area (Å²) >= 11 is 12.2. The van der Waals surface area contributed by atoms with Crippen molar-refractivity contribution in [1.29, 1.82) is 0 Å². The summed E-state index contributed by atoms with van der Waals surface area (Å²) in [6.45, 7) is 0. The van der Waals surface area contributed by atoms with Crippen LogP contribution in [-0.4, -0.2) is 19.0 Å². The normalized spacial score (nSPS) is 17.0. The molecule has 2 atom stereocenters. The smallest absolute Gasteiger partial charge is 0.0721 e. The van der Waals surface area contributed by atoms with Crippen LogP contribution in [0.3, 0.4) is 0 Å². The molecule has 0 heterocycles. The lowest BCUT2D eigenvalue weighted by Crippen LogP contribution is -2.29. The first-order chi connectivity index (χ1) is 15.3. The standard InChI is InChI=1S/C17H17Cl2N.C8H6O4/c1-20-17-9-7-12(13-4-2-3-5-14(13)17)11-6-8-15(18)16(19)10-11;9-7(10)5-3-1-2-4-6(5)8(11)12/h2-6,8,10,12,17,20H,7,9H2,1H3;1-4H,(H,9,10)(H,11,12)/p-2/t12-,17-;/m0./s1. The lowest BCUT2D eigenvalue weighted by Gasteiger charge is -2.32. The highest BCUT2D eigenvalue weighted by Crippen LogP contribution is 2.42. The van der Waals surface area contributed by atoms with E-state index < -0.39 is 11.9 Å². The lowest BCUT2D eigenvalue weighted by molar-refractivity contribution is -0.259. The maximum absolute atomic E-state index is 10.3. The van der Waals surface area contributed by atoms with Gasteiger partial charge >= 0.3 is 0 Å². The number of aromatic carboxylic acids is 2. The van der Waals surface area contributed by atoms with Crippen LogP contribution in [0.2, 0.25) is 10.0 Å². The zero-order valence-corrected chi connectivity index (χ0v) is 18.8. The first-order valence-corrected chi connectivity index (χ1v) is 10.8. The maximum atomic E-state index is 10.3. The van der Waals surface area contributed by atoms with Gasteiger partial charge in [-0.3, -0.25) is 0 Å². The molecule has 1 aliphatic rings. The molecule has 0 aliphatic heterocycles. The molecule has 0 radical (unpaired) electrons. The van der Waals surface area contributed by atoms with E-state index in [1.807, 2.05) is 19.2 Å². The fourth-order valence-electron chi connectivity index (χ4n) is 4.00. The molecule has 0 saturated carbocycles. The van der Waals surface area contributed by atoms with Crippen molar-refractivity contribution in [2.24, 2.45) is 0 Å². The Morgan fingerprint density at radius 1 is 0.812 bits per heavy atom. The van der Waals surface area contributed by atoms with Crippen molar-refractivity contribution in [2.75, 3.05) is 7.05 Å². The monoisotopic (exact) mass is 469 g/mol. The number of nitrogens with one attached hydrogen (secondary N) is 1. The maximum Gasteiger partial charge on any atom is 0.0721 e. The Kier molecular flexibility index (Phi) is 7.91. The SMILES string of the molecule is CN[C@H]1CC[C@@H](c2ccc(Cl)c(Cl)c2)c2ccccc21.O=C([O-])c1ccccc1C(=O)[O-]. The summed E-state index contributed by atoms with van der Waals surface area (Å²) in [7, 11) is 2.03. The van der Waals surface area contributed by atoms with E-state index in [-0.39, 0.29) is 11.1 Å². The number of benzene rings is 3. The summed E-state index contributed by atoms with van der Waals surface area (Å²) < 4.78 is 0. The van der Waals surface area contributed by atoms with Gasteiger partial charge < -0.3 is 25.1 Å². The van der Waals surface area contributed by atoms with Crippen LogP contribution in [0.25, 0.3) is 0 Å². The Morgan fingerprint density at radius 3 is 1.91 bits per heavy atom. The second-order valence-electron chi connectivity index (χ2n) is 7.39. The molecule has 1 aliphatic carbocycles. The van der Waals surface area contributed by atoms with Crippen LogP contribution in [0, 0.1) is 0 Å². The lowest BCUT2D eigenvalue weighted by atomic mass is 9.77. The number of halogens is 2. The number of rotatable bonds is 4. The molecule has 166 valence electrons. The summed E-state index contributed by atoms with van der Waals surface area (Å²) in [5, 5.41) is 25.3. The van der Waals surface area contributed by atoms with Gasteiger partial charge in [-0.05, 0) is 48.7 Å². The molecule has 4 rings (SSSR count). The molecule has 32 heavy (non-hydrogen) atoms. The van der Waals surface area contributed by atoms with Gasteiger partial charge in [-0.25, -0.2) is 0 Å². The van der Waals surface area contributed by atoms with E-state index in [0.717, 1.165) is 25.0 Å². The third-order valence-electron chi connectivity index (χ3n) is 5.55. The summed E-state index contributed by atoms with van der Waals surface area (Å²) in [6.07, 6.45) is 2.26. The van der Waals surface area contributed by atoms with E-state index in [2.05, 4.69) is 35.6 Å². The first kappa shape index (κ1) is 23.8. The third kappa shape index (κ3) is 5.30. The number of carboxylic acids is 2. The molecule has 0 aromatic heterocycles. The zero-order valence-electron chi connectivity index (χ0n) is 17.3. The Bertz CT molecular complexity index is 1100. The van der Waals surface area contributed by atoms with Gasteiger partial charge in [-0.1, -0.05) is 77.8 Å². The van der Waals surface area contributed by atoms with Gasteiger partial charge in [0.25, 0.3) is 0 Å². The van der Waals surface area contributed by atoms with Crippen molar-refractivity contribution in [3.63, 3.8) is 0 Å². The average molecular weight is 470 g/mol. The Balaban J connectivity index is 0.000000207. The molecule has 7 heteroatoms. The van der Waals surface area contributed by atoms with E-state index in [4.69, 9.17) is 23.2 Å². The summed E-state index contributed by atoms with van der Waals surface area (Å²) in [5.41, 5.74) is 3.32. The second kappa shape index (κ2) is 10.6. The van der Waals surface area contributed by atoms with Crippen molar-refractivity contribution in [1.82, 2.24) is 5.32 Å². The van der Waals surface area contributed by atoms with Crippen LogP contribution < -0.4 is 15.5 Å². The number of hydrogen-bond acceptors (Lipinski definition) is 5. The molecule has 0 unspecified atom stereocenters. The van der Waals surface area contributed by atoms with E-state index in [1.165, 1.54) is 28.8 Å². The van der Waals surface area contributed by atoms with E-state index in [1.54, 1.807) is 0 Å². The van der Waals surface area contributed by atoms with Gasteiger partial charge in [-0.2, -0.15) is 0 Å². The number of fused-ring (bicyclic) bond motifs is 1. The van der Waals surface area contributed by atoms with E-state index in [0.29, 0.717) is 22.0 Å². The van der Waals surface area contributed by atoms with Gasteiger partial charge in [0.2, 0.25) is 0 Å². The number of hydrogen-bond donors (Lipinski definition) is 1. The average Bonchev–Trinajstić information content (AvgIpc) is 2.80. The zero-order chi connectivity index (χ0) is 23.3. The van der Waals surface area contributed by atoms with Crippen molar-refractivity contribution >= 4 is 35.1 Å².